The molecule has 1 aromatic heterocycles. The second-order valence-corrected chi connectivity index (χ2v) is 6.97. The lowest BCUT2D eigenvalue weighted by molar-refractivity contribution is -0.130. The van der Waals surface area contributed by atoms with Gasteiger partial charge in [-0.15, -0.1) is 11.3 Å². The van der Waals surface area contributed by atoms with Crippen molar-refractivity contribution in [2.24, 2.45) is 11.7 Å². The normalized spacial score (nSPS) is 17.0. The van der Waals surface area contributed by atoms with Crippen LogP contribution in [0, 0.1) is 5.92 Å². The lowest BCUT2D eigenvalue weighted by atomic mass is 9.96. The molecule has 2 N–H and O–H groups in total. The summed E-state index contributed by atoms with van der Waals surface area (Å²) < 4.78 is 1.04. The van der Waals surface area contributed by atoms with Gasteiger partial charge in [0.1, 0.15) is 0 Å². The zero-order valence-electron chi connectivity index (χ0n) is 10.3. The Morgan fingerprint density at radius 2 is 2.05 bits per heavy atom. The third-order valence-electron chi connectivity index (χ3n) is 3.19. The van der Waals surface area contributed by atoms with E-state index in [-0.39, 0.29) is 17.7 Å². The quantitative estimate of drug-likeness (QED) is 0.856. The first-order valence-corrected chi connectivity index (χ1v) is 7.69. The Hall–Kier alpha value is -1.14. The van der Waals surface area contributed by atoms with Gasteiger partial charge in [-0.25, -0.2) is 0 Å². The van der Waals surface area contributed by atoms with Crippen LogP contribution in [0.2, 0.25) is 0 Å². The molecule has 2 rings (SSSR count). The zero-order chi connectivity index (χ0) is 13.8. The lowest BCUT2D eigenvalue weighted by Crippen LogP contribution is -2.41. The van der Waals surface area contributed by atoms with Crippen LogP contribution in [-0.4, -0.2) is 29.8 Å². The smallest absolute Gasteiger partial charge is 0.246 e. The fraction of sp³-hybridized carbons (Fsp3) is 0.385. The molecule has 1 aromatic rings. The highest BCUT2D eigenvalue weighted by atomic mass is 79.9. The van der Waals surface area contributed by atoms with Crippen LogP contribution in [0.4, 0.5) is 0 Å². The van der Waals surface area contributed by atoms with Gasteiger partial charge in [0.2, 0.25) is 11.8 Å². The van der Waals surface area contributed by atoms with Gasteiger partial charge >= 0.3 is 0 Å². The second-order valence-electron chi connectivity index (χ2n) is 4.48. The number of hydrogen-bond donors (Lipinski definition) is 1. The van der Waals surface area contributed by atoms with E-state index >= 15 is 0 Å². The van der Waals surface area contributed by atoms with Crippen LogP contribution in [0.1, 0.15) is 17.7 Å². The van der Waals surface area contributed by atoms with Crippen molar-refractivity contribution in [3.63, 3.8) is 0 Å². The minimum atomic E-state index is -0.258. The molecule has 1 saturated heterocycles. The fourth-order valence-electron chi connectivity index (χ4n) is 2.06. The van der Waals surface area contributed by atoms with Crippen molar-refractivity contribution < 1.29 is 9.59 Å². The molecule has 0 aromatic carbocycles. The summed E-state index contributed by atoms with van der Waals surface area (Å²) in [6, 6.07) is 3.91. The Kier molecular flexibility index (Phi) is 4.76. The molecule has 0 spiro atoms. The van der Waals surface area contributed by atoms with Crippen LogP contribution in [0.15, 0.2) is 22.0 Å². The van der Waals surface area contributed by atoms with Crippen LogP contribution in [0.25, 0.3) is 6.08 Å². The maximum absolute atomic E-state index is 12.0. The van der Waals surface area contributed by atoms with E-state index in [1.165, 1.54) is 0 Å². The third-order valence-corrected chi connectivity index (χ3v) is 4.78. The lowest BCUT2D eigenvalue weighted by Gasteiger charge is -2.29. The highest BCUT2D eigenvalue weighted by molar-refractivity contribution is 9.11. The Balaban J connectivity index is 1.88. The number of carbonyl (C=O) groups is 2. The number of amides is 2. The molecule has 0 saturated carbocycles. The minimum absolute atomic E-state index is 0.00700. The number of rotatable bonds is 3. The van der Waals surface area contributed by atoms with E-state index in [1.54, 1.807) is 22.3 Å². The van der Waals surface area contributed by atoms with Crippen molar-refractivity contribution in [3.05, 3.63) is 26.9 Å². The van der Waals surface area contributed by atoms with Gasteiger partial charge in [0.15, 0.2) is 0 Å². The van der Waals surface area contributed by atoms with E-state index in [1.807, 2.05) is 18.2 Å². The number of carbonyl (C=O) groups excluding carboxylic acids is 2. The summed E-state index contributed by atoms with van der Waals surface area (Å²) in [4.78, 5) is 25.8. The highest BCUT2D eigenvalue weighted by Gasteiger charge is 2.24. The first-order valence-electron chi connectivity index (χ1n) is 6.08. The molecule has 1 aliphatic rings. The van der Waals surface area contributed by atoms with Crippen molar-refractivity contribution in [2.45, 2.75) is 12.8 Å². The van der Waals surface area contributed by atoms with E-state index in [2.05, 4.69) is 15.9 Å². The Morgan fingerprint density at radius 1 is 1.37 bits per heavy atom. The van der Waals surface area contributed by atoms with E-state index in [4.69, 9.17) is 5.73 Å². The Labute approximate surface area is 124 Å². The van der Waals surface area contributed by atoms with Crippen molar-refractivity contribution in [1.29, 1.82) is 0 Å². The molecule has 0 radical (unpaired) electrons. The standard InChI is InChI=1S/C13H15BrN2O2S/c14-11-3-1-10(19-11)2-4-12(17)16-7-5-9(6-8-16)13(15)18/h1-4,9H,5-8H2,(H2,15,18)/b4-2+. The molecule has 0 unspecified atom stereocenters. The molecule has 6 heteroatoms. The van der Waals surface area contributed by atoms with Crippen LogP contribution in [0.5, 0.6) is 0 Å². The zero-order valence-corrected chi connectivity index (χ0v) is 12.7. The number of nitrogens with two attached hydrogens (primary N) is 1. The molecule has 0 aliphatic carbocycles. The molecule has 19 heavy (non-hydrogen) atoms. The van der Waals surface area contributed by atoms with Crippen LogP contribution in [0.3, 0.4) is 0 Å². The van der Waals surface area contributed by atoms with Gasteiger partial charge in [-0.05, 0) is 47.0 Å². The van der Waals surface area contributed by atoms with E-state index < -0.39 is 0 Å². The molecular weight excluding hydrogens is 328 g/mol. The average Bonchev–Trinajstić information content (AvgIpc) is 2.82. The molecule has 1 fully saturated rings. The van der Waals surface area contributed by atoms with Crippen LogP contribution in [-0.2, 0) is 9.59 Å². The SMILES string of the molecule is NC(=O)C1CCN(C(=O)/C=C/c2ccc(Br)s2)CC1. The molecule has 4 nitrogen and oxygen atoms in total. The largest absolute Gasteiger partial charge is 0.369 e. The molecule has 102 valence electrons. The summed E-state index contributed by atoms with van der Waals surface area (Å²) in [5.41, 5.74) is 5.27. The summed E-state index contributed by atoms with van der Waals surface area (Å²) in [7, 11) is 0. The Bertz CT molecular complexity index is 504. The van der Waals surface area contributed by atoms with Gasteiger partial charge in [-0.3, -0.25) is 9.59 Å². The van der Waals surface area contributed by atoms with Gasteiger partial charge in [0.25, 0.3) is 0 Å². The molecule has 1 aliphatic heterocycles. The second kappa shape index (κ2) is 6.34. The molecular formula is C13H15BrN2O2S. The summed E-state index contributed by atoms with van der Waals surface area (Å²) in [6.45, 7) is 1.20. The van der Waals surface area contributed by atoms with E-state index in [9.17, 15) is 9.59 Å². The van der Waals surface area contributed by atoms with Gasteiger partial charge in [0, 0.05) is 30.0 Å². The average molecular weight is 343 g/mol. The topological polar surface area (TPSA) is 63.4 Å². The molecule has 2 amide bonds. The summed E-state index contributed by atoms with van der Waals surface area (Å²) in [6.07, 6.45) is 4.74. The number of nitrogens with zero attached hydrogens (tertiary/aromatic N) is 1. The maximum Gasteiger partial charge on any atom is 0.246 e. The maximum atomic E-state index is 12.0. The van der Waals surface area contributed by atoms with Crippen molar-refractivity contribution in [3.8, 4) is 0 Å². The number of hydrogen-bond acceptors (Lipinski definition) is 3. The molecule has 2 heterocycles. The summed E-state index contributed by atoms with van der Waals surface area (Å²) in [5.74, 6) is -0.347. The first kappa shape index (κ1) is 14.3. The van der Waals surface area contributed by atoms with E-state index in [0.717, 1.165) is 8.66 Å². The predicted molar refractivity (Wildman–Crippen MR) is 79.6 cm³/mol. The Morgan fingerprint density at radius 3 is 2.58 bits per heavy atom. The monoisotopic (exact) mass is 342 g/mol. The number of thiophene rings is 1. The summed E-state index contributed by atoms with van der Waals surface area (Å²) >= 11 is 4.96. The number of primary amides is 1. The summed E-state index contributed by atoms with van der Waals surface area (Å²) in [5, 5.41) is 0. The first-order chi connectivity index (χ1) is 9.06. The van der Waals surface area contributed by atoms with Gasteiger partial charge in [-0.1, -0.05) is 0 Å². The molecule has 0 bridgehead atoms. The van der Waals surface area contributed by atoms with Crippen molar-refractivity contribution >= 4 is 45.2 Å². The van der Waals surface area contributed by atoms with Gasteiger partial charge in [-0.2, -0.15) is 0 Å². The van der Waals surface area contributed by atoms with Crippen LogP contribution >= 0.6 is 27.3 Å². The fourth-order valence-corrected chi connectivity index (χ4v) is 3.39. The van der Waals surface area contributed by atoms with Crippen molar-refractivity contribution in [2.75, 3.05) is 13.1 Å². The molecule has 0 atom stereocenters. The predicted octanol–water partition coefficient (Wildman–Crippen LogP) is 2.25. The number of likely N-dealkylation sites (tertiary alicyclic amines) is 1. The minimum Gasteiger partial charge on any atom is -0.369 e. The van der Waals surface area contributed by atoms with E-state index in [0.29, 0.717) is 25.9 Å². The van der Waals surface area contributed by atoms with Gasteiger partial charge < -0.3 is 10.6 Å². The third kappa shape index (κ3) is 3.91. The number of piperidine rings is 1. The van der Waals surface area contributed by atoms with Gasteiger partial charge in [0.05, 0.1) is 3.79 Å². The van der Waals surface area contributed by atoms with Crippen molar-refractivity contribution in [1.82, 2.24) is 4.90 Å². The highest BCUT2D eigenvalue weighted by Crippen LogP contribution is 2.23. The number of halogens is 1. The van der Waals surface area contributed by atoms with Crippen LogP contribution < -0.4 is 5.73 Å².